The van der Waals surface area contributed by atoms with Gasteiger partial charge in [0.15, 0.2) is 0 Å². The zero-order valence-corrected chi connectivity index (χ0v) is 11.5. The van der Waals surface area contributed by atoms with Gasteiger partial charge < -0.3 is 16.4 Å². The number of sulfone groups is 1. The third kappa shape index (κ3) is 3.64. The standard InChI is InChI=1S/C11H15F2N3O3S/c1-2-15-8-4-3-7(20(18,19)11(12)13)5-9(8)16-10(17)6-14/h3-5,11,15H,2,6,14H2,1H3,(H,16,17). The Labute approximate surface area is 115 Å². The molecule has 0 spiro atoms. The van der Waals surface area contributed by atoms with Crippen molar-refractivity contribution in [3.8, 4) is 0 Å². The number of rotatable bonds is 6. The van der Waals surface area contributed by atoms with Crippen LogP contribution in [0.1, 0.15) is 6.92 Å². The topological polar surface area (TPSA) is 101 Å². The molecule has 20 heavy (non-hydrogen) atoms. The van der Waals surface area contributed by atoms with Gasteiger partial charge >= 0.3 is 5.76 Å². The number of amides is 1. The van der Waals surface area contributed by atoms with E-state index in [4.69, 9.17) is 5.73 Å². The number of halogens is 2. The molecule has 1 rings (SSSR count). The summed E-state index contributed by atoms with van der Waals surface area (Å²) in [5.74, 6) is -4.08. The van der Waals surface area contributed by atoms with Crippen LogP contribution in [0.3, 0.4) is 0 Å². The molecule has 0 saturated heterocycles. The van der Waals surface area contributed by atoms with Crippen molar-refractivity contribution in [3.05, 3.63) is 18.2 Å². The molecule has 0 saturated carbocycles. The number of alkyl halides is 2. The molecule has 1 amide bonds. The van der Waals surface area contributed by atoms with Gasteiger partial charge in [-0.25, -0.2) is 8.42 Å². The molecule has 0 fully saturated rings. The van der Waals surface area contributed by atoms with Crippen LogP contribution in [0.25, 0.3) is 0 Å². The molecule has 9 heteroatoms. The molecule has 0 radical (unpaired) electrons. The quantitative estimate of drug-likeness (QED) is 0.728. The molecular formula is C11H15F2N3O3S. The van der Waals surface area contributed by atoms with E-state index in [0.29, 0.717) is 12.2 Å². The largest absolute Gasteiger partial charge is 0.384 e. The van der Waals surface area contributed by atoms with Gasteiger partial charge in [-0.3, -0.25) is 4.79 Å². The second kappa shape index (κ2) is 6.62. The molecular weight excluding hydrogens is 292 g/mol. The third-order valence-electron chi connectivity index (χ3n) is 2.38. The number of anilines is 2. The number of carbonyl (C=O) groups excluding carboxylic acids is 1. The Morgan fingerprint density at radius 3 is 2.50 bits per heavy atom. The second-order valence-electron chi connectivity index (χ2n) is 3.80. The highest BCUT2D eigenvalue weighted by Gasteiger charge is 2.27. The molecule has 112 valence electrons. The maximum Gasteiger partial charge on any atom is 0.341 e. The molecule has 0 aliphatic carbocycles. The monoisotopic (exact) mass is 307 g/mol. The summed E-state index contributed by atoms with van der Waals surface area (Å²) in [6.07, 6.45) is 0. The van der Waals surface area contributed by atoms with Gasteiger partial charge in [0.05, 0.1) is 22.8 Å². The van der Waals surface area contributed by atoms with Crippen molar-refractivity contribution in [3.63, 3.8) is 0 Å². The number of hydrogen-bond acceptors (Lipinski definition) is 5. The van der Waals surface area contributed by atoms with Gasteiger partial charge in [0.25, 0.3) is 0 Å². The summed E-state index contributed by atoms with van der Waals surface area (Å²) in [7, 11) is -4.72. The lowest BCUT2D eigenvalue weighted by Gasteiger charge is -2.13. The van der Waals surface area contributed by atoms with Crippen LogP contribution >= 0.6 is 0 Å². The highest BCUT2D eigenvalue weighted by atomic mass is 32.2. The van der Waals surface area contributed by atoms with Crippen LogP contribution < -0.4 is 16.4 Å². The molecule has 0 aliphatic rings. The lowest BCUT2D eigenvalue weighted by molar-refractivity contribution is -0.114. The minimum absolute atomic E-state index is 0.0871. The highest BCUT2D eigenvalue weighted by molar-refractivity contribution is 7.91. The van der Waals surface area contributed by atoms with Crippen LogP contribution in [-0.4, -0.2) is 33.2 Å². The van der Waals surface area contributed by atoms with E-state index >= 15 is 0 Å². The average molecular weight is 307 g/mol. The summed E-state index contributed by atoms with van der Waals surface area (Å²) in [5.41, 5.74) is 5.65. The summed E-state index contributed by atoms with van der Waals surface area (Å²) >= 11 is 0. The van der Waals surface area contributed by atoms with Gasteiger partial charge in [-0.1, -0.05) is 0 Å². The van der Waals surface area contributed by atoms with Crippen LogP contribution in [0, 0.1) is 0 Å². The number of carbonyl (C=O) groups is 1. The normalized spacial score (nSPS) is 11.4. The summed E-state index contributed by atoms with van der Waals surface area (Å²) < 4.78 is 47.8. The first-order valence-corrected chi connectivity index (χ1v) is 7.27. The fraction of sp³-hybridized carbons (Fsp3) is 0.364. The van der Waals surface area contributed by atoms with Crippen molar-refractivity contribution >= 4 is 27.1 Å². The first-order chi connectivity index (χ1) is 9.32. The van der Waals surface area contributed by atoms with Crippen molar-refractivity contribution in [2.45, 2.75) is 17.6 Å². The molecule has 0 aromatic heterocycles. The maximum absolute atomic E-state index is 12.5. The second-order valence-corrected chi connectivity index (χ2v) is 5.71. The van der Waals surface area contributed by atoms with Gasteiger partial charge in [-0.2, -0.15) is 8.78 Å². The van der Waals surface area contributed by atoms with Crippen LogP contribution in [0.2, 0.25) is 0 Å². The van der Waals surface area contributed by atoms with Crippen molar-refractivity contribution < 1.29 is 22.0 Å². The summed E-state index contributed by atoms with van der Waals surface area (Å²) in [5, 5.41) is 5.24. The fourth-order valence-corrected chi connectivity index (χ4v) is 2.20. The van der Waals surface area contributed by atoms with Gasteiger partial charge in [0.1, 0.15) is 0 Å². The van der Waals surface area contributed by atoms with Gasteiger partial charge in [0, 0.05) is 6.54 Å². The van der Waals surface area contributed by atoms with Gasteiger partial charge in [-0.15, -0.1) is 0 Å². The van der Waals surface area contributed by atoms with Crippen LogP contribution in [0.4, 0.5) is 20.2 Å². The zero-order valence-electron chi connectivity index (χ0n) is 10.7. The number of nitrogens with one attached hydrogen (secondary N) is 2. The van der Waals surface area contributed by atoms with E-state index in [0.717, 1.165) is 12.1 Å². The van der Waals surface area contributed by atoms with Crippen molar-refractivity contribution in [1.29, 1.82) is 0 Å². The Morgan fingerprint density at radius 2 is 2.00 bits per heavy atom. The van der Waals surface area contributed by atoms with Gasteiger partial charge in [0.2, 0.25) is 15.7 Å². The summed E-state index contributed by atoms with van der Waals surface area (Å²) in [4.78, 5) is 10.7. The Morgan fingerprint density at radius 1 is 1.35 bits per heavy atom. The minimum Gasteiger partial charge on any atom is -0.384 e. The molecule has 0 heterocycles. The van der Waals surface area contributed by atoms with Crippen molar-refractivity contribution in [2.24, 2.45) is 5.73 Å². The highest BCUT2D eigenvalue weighted by Crippen LogP contribution is 2.28. The molecule has 6 nitrogen and oxygen atoms in total. The van der Waals surface area contributed by atoms with E-state index in [1.165, 1.54) is 6.07 Å². The third-order valence-corrected chi connectivity index (χ3v) is 3.76. The number of hydrogen-bond donors (Lipinski definition) is 3. The summed E-state index contributed by atoms with van der Waals surface area (Å²) in [6.45, 7) is 1.99. The van der Waals surface area contributed by atoms with Crippen LogP contribution in [0.5, 0.6) is 0 Å². The minimum atomic E-state index is -4.72. The van der Waals surface area contributed by atoms with E-state index in [1.54, 1.807) is 6.92 Å². The number of benzene rings is 1. The van der Waals surface area contributed by atoms with Gasteiger partial charge in [-0.05, 0) is 25.1 Å². The van der Waals surface area contributed by atoms with Crippen LogP contribution in [-0.2, 0) is 14.6 Å². The Bertz CT molecular complexity index is 591. The lowest BCUT2D eigenvalue weighted by atomic mass is 10.2. The molecule has 0 aliphatic heterocycles. The molecule has 0 atom stereocenters. The molecule has 1 aromatic carbocycles. The predicted molar refractivity (Wildman–Crippen MR) is 71.5 cm³/mol. The molecule has 0 bridgehead atoms. The van der Waals surface area contributed by atoms with E-state index in [9.17, 15) is 22.0 Å². The van der Waals surface area contributed by atoms with Crippen LogP contribution in [0.15, 0.2) is 23.1 Å². The maximum atomic E-state index is 12.5. The van der Waals surface area contributed by atoms with E-state index in [-0.39, 0.29) is 12.2 Å². The Balaban J connectivity index is 3.26. The fourth-order valence-electron chi connectivity index (χ4n) is 1.45. The zero-order chi connectivity index (χ0) is 15.3. The van der Waals surface area contributed by atoms with E-state index in [1.807, 2.05) is 0 Å². The Kier molecular flexibility index (Phi) is 5.40. The lowest BCUT2D eigenvalue weighted by Crippen LogP contribution is -2.23. The van der Waals surface area contributed by atoms with Crippen molar-refractivity contribution in [1.82, 2.24) is 0 Å². The first kappa shape index (κ1) is 16.3. The molecule has 0 unspecified atom stereocenters. The molecule has 4 N–H and O–H groups in total. The first-order valence-electron chi connectivity index (χ1n) is 5.72. The smallest absolute Gasteiger partial charge is 0.341 e. The average Bonchev–Trinajstić information content (AvgIpc) is 2.40. The SMILES string of the molecule is CCNc1ccc(S(=O)(=O)C(F)F)cc1NC(=O)CN. The molecule has 1 aromatic rings. The predicted octanol–water partition coefficient (Wildman–Crippen LogP) is 1.01. The van der Waals surface area contributed by atoms with E-state index < -0.39 is 26.4 Å². The van der Waals surface area contributed by atoms with E-state index in [2.05, 4.69) is 10.6 Å². The number of nitrogens with two attached hydrogens (primary N) is 1. The summed E-state index contributed by atoms with van der Waals surface area (Å²) in [6, 6.07) is 3.34. The Hall–Kier alpha value is -1.74. The van der Waals surface area contributed by atoms with Crippen molar-refractivity contribution in [2.75, 3.05) is 23.7 Å².